The molecular formula is C20H23NO2S. The maximum atomic E-state index is 10.4. The second kappa shape index (κ2) is 6.99. The average Bonchev–Trinajstić information content (AvgIpc) is 3.05. The van der Waals surface area contributed by atoms with Crippen LogP contribution in [0.2, 0.25) is 0 Å². The fourth-order valence-corrected chi connectivity index (χ4v) is 4.40. The van der Waals surface area contributed by atoms with E-state index in [2.05, 4.69) is 34.6 Å². The lowest BCUT2D eigenvalue weighted by molar-refractivity contribution is 0.192. The van der Waals surface area contributed by atoms with E-state index in [1.54, 1.807) is 11.3 Å². The van der Waals surface area contributed by atoms with Gasteiger partial charge in [-0.05, 0) is 54.3 Å². The van der Waals surface area contributed by atoms with Crippen molar-refractivity contribution in [3.8, 4) is 21.9 Å². The van der Waals surface area contributed by atoms with Crippen LogP contribution in [0.4, 0.5) is 0 Å². The van der Waals surface area contributed by atoms with Gasteiger partial charge in [0.15, 0.2) is 11.5 Å². The predicted molar refractivity (Wildman–Crippen MR) is 98.7 cm³/mol. The third kappa shape index (κ3) is 3.35. The molecule has 0 radical (unpaired) electrons. The molecule has 3 nitrogen and oxygen atoms in total. The molecule has 0 saturated heterocycles. The number of hydrogen-bond donors (Lipinski definition) is 1. The first-order valence-corrected chi connectivity index (χ1v) is 9.57. The molecule has 1 atom stereocenters. The minimum Gasteiger partial charge on any atom is -0.504 e. The number of rotatable bonds is 3. The van der Waals surface area contributed by atoms with E-state index >= 15 is 0 Å². The van der Waals surface area contributed by atoms with Gasteiger partial charge in [-0.25, -0.2) is 0 Å². The number of hydrogen-bond acceptors (Lipinski definition) is 4. The number of thiophene rings is 1. The number of allylic oxidation sites excluding steroid dienone is 2. The smallest absolute Gasteiger partial charge is 0.165 e. The van der Waals surface area contributed by atoms with Crippen LogP contribution in [0.3, 0.4) is 0 Å². The van der Waals surface area contributed by atoms with Crippen molar-refractivity contribution < 1.29 is 9.84 Å². The maximum absolute atomic E-state index is 10.4. The van der Waals surface area contributed by atoms with Crippen LogP contribution in [0.1, 0.15) is 24.8 Å². The van der Waals surface area contributed by atoms with Crippen LogP contribution >= 0.6 is 11.3 Å². The van der Waals surface area contributed by atoms with Crippen molar-refractivity contribution in [2.45, 2.75) is 25.8 Å². The number of benzene rings is 1. The number of phenolic OH excluding ortho intramolecular Hbond substituents is 1. The van der Waals surface area contributed by atoms with Gasteiger partial charge in [0.05, 0.1) is 0 Å². The zero-order valence-corrected chi connectivity index (χ0v) is 14.6. The van der Waals surface area contributed by atoms with E-state index in [1.165, 1.54) is 24.1 Å². The Kier molecular flexibility index (Phi) is 4.58. The molecule has 1 aliphatic heterocycles. The summed E-state index contributed by atoms with van der Waals surface area (Å²) in [5, 5.41) is 12.5. The van der Waals surface area contributed by atoms with E-state index in [9.17, 15) is 5.11 Å². The van der Waals surface area contributed by atoms with Gasteiger partial charge in [-0.15, -0.1) is 11.3 Å². The Labute approximate surface area is 147 Å². The zero-order valence-electron chi connectivity index (χ0n) is 13.8. The Morgan fingerprint density at radius 1 is 1.29 bits per heavy atom. The second-order valence-electron chi connectivity index (χ2n) is 6.69. The second-order valence-corrected chi connectivity index (χ2v) is 7.64. The molecule has 126 valence electrons. The Balaban J connectivity index is 1.57. The summed E-state index contributed by atoms with van der Waals surface area (Å²) in [6.07, 6.45) is 8.28. The third-order valence-corrected chi connectivity index (χ3v) is 5.81. The first kappa shape index (κ1) is 15.7. The van der Waals surface area contributed by atoms with Gasteiger partial charge in [-0.1, -0.05) is 18.2 Å². The molecule has 0 fully saturated rings. The molecule has 0 unspecified atom stereocenters. The molecule has 24 heavy (non-hydrogen) atoms. The summed E-state index contributed by atoms with van der Waals surface area (Å²) >= 11 is 1.70. The van der Waals surface area contributed by atoms with E-state index in [1.807, 2.05) is 12.1 Å². The number of nitrogens with zero attached hydrogens (tertiary/aromatic N) is 1. The molecule has 1 N–H and O–H groups in total. The lowest BCUT2D eigenvalue weighted by Gasteiger charge is -2.26. The highest BCUT2D eigenvalue weighted by atomic mass is 32.1. The summed E-state index contributed by atoms with van der Waals surface area (Å²) in [7, 11) is 0. The quantitative estimate of drug-likeness (QED) is 0.823. The molecule has 2 aliphatic rings. The van der Waals surface area contributed by atoms with E-state index in [-0.39, 0.29) is 5.75 Å². The fraction of sp³-hybridized carbons (Fsp3) is 0.400. The molecule has 1 aromatic heterocycles. The number of ether oxygens (including phenoxy) is 1. The highest BCUT2D eigenvalue weighted by Crippen LogP contribution is 2.39. The standard InChI is InChI=1S/C20H23NO2S/c22-18-12-16(19-7-4-10-24-19)11-17-14-21(8-9-23-20(17)18)13-15-5-2-1-3-6-15/h1-2,4,7,10-12,15,22H,3,5-6,8-9,13-14H2/t15-/m1/s1. The lowest BCUT2D eigenvalue weighted by atomic mass is 9.94. The molecular weight excluding hydrogens is 318 g/mol. The molecule has 1 aromatic carbocycles. The summed E-state index contributed by atoms with van der Waals surface area (Å²) in [6.45, 7) is 3.52. The van der Waals surface area contributed by atoms with Crippen LogP contribution in [0.25, 0.3) is 10.4 Å². The van der Waals surface area contributed by atoms with Crippen molar-refractivity contribution in [2.24, 2.45) is 5.92 Å². The Morgan fingerprint density at radius 2 is 2.25 bits per heavy atom. The Bertz CT molecular complexity index is 723. The average molecular weight is 341 g/mol. The Hall–Kier alpha value is -1.78. The van der Waals surface area contributed by atoms with Crippen LogP contribution in [0, 0.1) is 5.92 Å². The minimum atomic E-state index is 0.262. The molecule has 0 spiro atoms. The number of phenols is 1. The monoisotopic (exact) mass is 341 g/mol. The molecule has 0 saturated carbocycles. The van der Waals surface area contributed by atoms with Gasteiger partial charge in [0, 0.05) is 30.1 Å². The lowest BCUT2D eigenvalue weighted by Crippen LogP contribution is -2.31. The molecule has 2 heterocycles. The van der Waals surface area contributed by atoms with Crippen molar-refractivity contribution in [3.05, 3.63) is 47.4 Å². The highest BCUT2D eigenvalue weighted by molar-refractivity contribution is 7.13. The van der Waals surface area contributed by atoms with E-state index in [4.69, 9.17) is 4.74 Å². The molecule has 1 aliphatic carbocycles. The van der Waals surface area contributed by atoms with Crippen molar-refractivity contribution >= 4 is 11.3 Å². The van der Waals surface area contributed by atoms with Crippen molar-refractivity contribution in [2.75, 3.05) is 19.7 Å². The van der Waals surface area contributed by atoms with Crippen LogP contribution in [-0.2, 0) is 6.54 Å². The number of aromatic hydroxyl groups is 1. The van der Waals surface area contributed by atoms with E-state index in [0.29, 0.717) is 12.4 Å². The van der Waals surface area contributed by atoms with Gasteiger partial charge in [-0.3, -0.25) is 4.90 Å². The normalized spacial score (nSPS) is 21.1. The van der Waals surface area contributed by atoms with Crippen LogP contribution in [0.5, 0.6) is 11.5 Å². The van der Waals surface area contributed by atoms with Gasteiger partial charge in [-0.2, -0.15) is 0 Å². The van der Waals surface area contributed by atoms with Gasteiger partial charge >= 0.3 is 0 Å². The highest BCUT2D eigenvalue weighted by Gasteiger charge is 2.22. The fourth-order valence-electron chi connectivity index (χ4n) is 3.68. The summed E-state index contributed by atoms with van der Waals surface area (Å²) in [4.78, 5) is 3.66. The molecule has 0 amide bonds. The molecule has 0 bridgehead atoms. The summed E-state index contributed by atoms with van der Waals surface area (Å²) in [6, 6.07) is 8.14. The molecule has 2 aromatic rings. The van der Waals surface area contributed by atoms with Gasteiger partial charge < -0.3 is 9.84 Å². The van der Waals surface area contributed by atoms with E-state index < -0.39 is 0 Å². The van der Waals surface area contributed by atoms with Gasteiger partial charge in [0.1, 0.15) is 6.61 Å². The van der Waals surface area contributed by atoms with Crippen molar-refractivity contribution in [3.63, 3.8) is 0 Å². The minimum absolute atomic E-state index is 0.262. The van der Waals surface area contributed by atoms with Crippen LogP contribution in [0.15, 0.2) is 41.8 Å². The van der Waals surface area contributed by atoms with Gasteiger partial charge in [0.2, 0.25) is 0 Å². The maximum Gasteiger partial charge on any atom is 0.165 e. The SMILES string of the molecule is Oc1cc(-c2cccs2)cc2c1OCCN(C[C@@H]1CC=CCC1)C2. The van der Waals surface area contributed by atoms with Crippen LogP contribution in [-0.4, -0.2) is 29.7 Å². The van der Waals surface area contributed by atoms with Crippen molar-refractivity contribution in [1.82, 2.24) is 4.90 Å². The van der Waals surface area contributed by atoms with Crippen LogP contribution < -0.4 is 4.74 Å². The van der Waals surface area contributed by atoms with Crippen molar-refractivity contribution in [1.29, 1.82) is 0 Å². The Morgan fingerprint density at radius 3 is 3.04 bits per heavy atom. The summed E-state index contributed by atoms with van der Waals surface area (Å²) < 4.78 is 5.87. The van der Waals surface area contributed by atoms with E-state index in [0.717, 1.165) is 36.7 Å². The topological polar surface area (TPSA) is 32.7 Å². The van der Waals surface area contributed by atoms with Gasteiger partial charge in [0.25, 0.3) is 0 Å². The third-order valence-electron chi connectivity index (χ3n) is 4.89. The first-order chi connectivity index (χ1) is 11.8. The largest absolute Gasteiger partial charge is 0.504 e. The summed E-state index contributed by atoms with van der Waals surface area (Å²) in [5.41, 5.74) is 2.18. The zero-order chi connectivity index (χ0) is 16.4. The molecule has 4 heteroatoms. The molecule has 4 rings (SSSR count). The first-order valence-electron chi connectivity index (χ1n) is 8.69. The predicted octanol–water partition coefficient (Wildman–Crippen LogP) is 4.67. The summed E-state index contributed by atoms with van der Waals surface area (Å²) in [5.74, 6) is 1.67. The number of fused-ring (bicyclic) bond motifs is 1.